The maximum Gasteiger partial charge on any atom is 0.318 e. The predicted octanol–water partition coefficient (Wildman–Crippen LogP) is 8.33. The minimum absolute atomic E-state index is 0.0765. The first-order chi connectivity index (χ1) is 19.9. The lowest BCUT2D eigenvalue weighted by Crippen LogP contribution is -2.01. The van der Waals surface area contributed by atoms with E-state index in [1.165, 1.54) is 36.4 Å². The minimum Gasteiger partial charge on any atom is -0.450 e. The van der Waals surface area contributed by atoms with Crippen LogP contribution >= 0.6 is 31.9 Å². The molecule has 18 heteroatoms. The molecule has 0 saturated carbocycles. The zero-order chi connectivity index (χ0) is 30.3. The van der Waals surface area contributed by atoms with E-state index >= 15 is 0 Å². The van der Waals surface area contributed by atoms with Gasteiger partial charge in [-0.05, 0) is 56.1 Å². The highest BCUT2D eigenvalue weighted by Crippen LogP contribution is 2.48. The number of fused-ring (bicyclic) bond motifs is 8. The third kappa shape index (κ3) is 5.47. The van der Waals surface area contributed by atoms with Crippen LogP contribution in [0, 0.1) is 40.5 Å². The molecule has 4 aromatic carbocycles. The number of halogens is 2. The SMILES string of the molecule is O=[N+]([O-])c1cc([N+](=O)[O-])c2cc1Oc1ccc(Br)c(c1)Oc1cc(c([N+](=O)[O-])cc1[N+](=O)[O-])Oc1ccc(Br)c(c1)O2. The van der Waals surface area contributed by atoms with Crippen LogP contribution in [0.3, 0.4) is 0 Å². The van der Waals surface area contributed by atoms with Gasteiger partial charge < -0.3 is 18.9 Å². The zero-order valence-electron chi connectivity index (χ0n) is 20.2. The highest BCUT2D eigenvalue weighted by molar-refractivity contribution is 9.10. The molecule has 1 heterocycles. The third-order valence-electron chi connectivity index (χ3n) is 5.57. The van der Waals surface area contributed by atoms with E-state index in [4.69, 9.17) is 18.9 Å². The molecule has 8 bridgehead atoms. The van der Waals surface area contributed by atoms with Gasteiger partial charge in [-0.2, -0.15) is 0 Å². The van der Waals surface area contributed by atoms with Gasteiger partial charge in [-0.3, -0.25) is 40.5 Å². The van der Waals surface area contributed by atoms with Gasteiger partial charge >= 0.3 is 22.7 Å². The van der Waals surface area contributed by atoms with Gasteiger partial charge in [-0.15, -0.1) is 0 Å². The van der Waals surface area contributed by atoms with E-state index in [2.05, 4.69) is 31.9 Å². The van der Waals surface area contributed by atoms with E-state index in [1.54, 1.807) is 0 Å². The number of hydrogen-bond donors (Lipinski definition) is 0. The molecule has 0 amide bonds. The second kappa shape index (κ2) is 10.9. The van der Waals surface area contributed by atoms with Crippen LogP contribution in [0.15, 0.2) is 69.6 Å². The summed E-state index contributed by atoms with van der Waals surface area (Å²) in [6, 6.07) is 11.2. The van der Waals surface area contributed by atoms with Crippen molar-refractivity contribution in [3.63, 3.8) is 0 Å². The standard InChI is InChI=1S/C24H10Br2N4O12/c25-13-3-1-11-5-19(13)41-24-10-22(16(28(33)34)8-18(24)30(37)38)40-12-2-4-14(26)20(6-12)42-23-9-21(39-11)15(27(31)32)7-17(23)29(35)36/h1-10H. The summed E-state index contributed by atoms with van der Waals surface area (Å²) >= 11 is 6.47. The zero-order valence-corrected chi connectivity index (χ0v) is 23.4. The Morgan fingerprint density at radius 3 is 1.05 bits per heavy atom. The first-order valence-electron chi connectivity index (χ1n) is 11.2. The van der Waals surface area contributed by atoms with Crippen molar-refractivity contribution in [1.29, 1.82) is 0 Å². The Labute approximate surface area is 248 Å². The fourth-order valence-electron chi connectivity index (χ4n) is 3.72. The smallest absolute Gasteiger partial charge is 0.318 e. The van der Waals surface area contributed by atoms with Crippen molar-refractivity contribution in [2.75, 3.05) is 0 Å². The van der Waals surface area contributed by atoms with Crippen LogP contribution < -0.4 is 18.9 Å². The molecular weight excluding hydrogens is 696 g/mol. The van der Waals surface area contributed by atoms with Crippen LogP contribution in [-0.4, -0.2) is 19.7 Å². The first kappa shape index (κ1) is 28.2. The van der Waals surface area contributed by atoms with Gasteiger partial charge in [0, 0.05) is 24.3 Å². The van der Waals surface area contributed by atoms with E-state index < -0.39 is 65.4 Å². The van der Waals surface area contributed by atoms with E-state index in [0.29, 0.717) is 12.1 Å². The van der Waals surface area contributed by atoms with Crippen molar-refractivity contribution in [1.82, 2.24) is 0 Å². The van der Waals surface area contributed by atoms with Crippen molar-refractivity contribution in [2.45, 2.75) is 0 Å². The Morgan fingerprint density at radius 1 is 0.429 bits per heavy atom. The van der Waals surface area contributed by atoms with Crippen molar-refractivity contribution < 1.29 is 38.6 Å². The molecule has 4 aromatic rings. The Morgan fingerprint density at radius 2 is 0.738 bits per heavy atom. The molecule has 0 spiro atoms. The fourth-order valence-corrected chi connectivity index (χ4v) is 4.37. The number of ether oxygens (including phenoxy) is 4. The number of hydrogen-bond acceptors (Lipinski definition) is 12. The Kier molecular flexibility index (Phi) is 7.31. The lowest BCUT2D eigenvalue weighted by molar-refractivity contribution is -0.395. The molecule has 1 aliphatic rings. The molecule has 5 rings (SSSR count). The maximum absolute atomic E-state index is 11.8. The third-order valence-corrected chi connectivity index (χ3v) is 6.88. The number of benzene rings is 4. The summed E-state index contributed by atoms with van der Waals surface area (Å²) in [6.07, 6.45) is 0. The summed E-state index contributed by atoms with van der Waals surface area (Å²) in [5, 5.41) is 47.2. The Bertz CT molecular complexity index is 1720. The summed E-state index contributed by atoms with van der Waals surface area (Å²) in [7, 11) is 0. The number of nitro groups is 4. The van der Waals surface area contributed by atoms with Gasteiger partial charge in [0.2, 0.25) is 23.0 Å². The summed E-state index contributed by atoms with van der Waals surface area (Å²) in [5.74, 6) is -2.09. The highest BCUT2D eigenvalue weighted by Gasteiger charge is 2.31. The van der Waals surface area contributed by atoms with Crippen LogP contribution in [-0.2, 0) is 0 Å². The quantitative estimate of drug-likeness (QED) is 0.128. The van der Waals surface area contributed by atoms with E-state index in [9.17, 15) is 40.5 Å². The molecule has 0 aliphatic carbocycles. The molecular formula is C24H10Br2N4O12. The average molecular weight is 706 g/mol. The average Bonchev–Trinajstić information content (AvgIpc) is 2.91. The molecule has 0 saturated heterocycles. The van der Waals surface area contributed by atoms with Crippen LogP contribution in [0.25, 0.3) is 0 Å². The van der Waals surface area contributed by atoms with E-state index in [1.807, 2.05) is 0 Å². The van der Waals surface area contributed by atoms with Gasteiger partial charge in [-0.25, -0.2) is 0 Å². The Hall–Kier alpha value is -5.36. The van der Waals surface area contributed by atoms with E-state index in [-0.39, 0.29) is 31.9 Å². The normalized spacial score (nSPS) is 11.7. The lowest BCUT2D eigenvalue weighted by Gasteiger charge is -2.15. The van der Waals surface area contributed by atoms with Gasteiger partial charge in [0.1, 0.15) is 35.1 Å². The van der Waals surface area contributed by atoms with Crippen molar-refractivity contribution in [3.8, 4) is 46.0 Å². The van der Waals surface area contributed by atoms with Gasteiger partial charge in [-0.1, -0.05) is 0 Å². The van der Waals surface area contributed by atoms with Crippen molar-refractivity contribution >= 4 is 54.6 Å². The molecule has 0 radical (unpaired) electrons. The molecule has 16 nitrogen and oxygen atoms in total. The van der Waals surface area contributed by atoms with Crippen molar-refractivity contribution in [2.24, 2.45) is 0 Å². The van der Waals surface area contributed by atoms with Gasteiger partial charge in [0.05, 0.1) is 28.6 Å². The summed E-state index contributed by atoms with van der Waals surface area (Å²) in [6.45, 7) is 0. The number of nitrogens with zero attached hydrogens (tertiary/aromatic N) is 4. The molecule has 0 unspecified atom stereocenters. The maximum atomic E-state index is 11.8. The van der Waals surface area contributed by atoms with Gasteiger partial charge in [0.25, 0.3) is 0 Å². The van der Waals surface area contributed by atoms with E-state index in [0.717, 1.165) is 12.1 Å². The largest absolute Gasteiger partial charge is 0.450 e. The monoisotopic (exact) mass is 704 g/mol. The van der Waals surface area contributed by atoms with Crippen molar-refractivity contribution in [3.05, 3.63) is 110 Å². The second-order valence-corrected chi connectivity index (χ2v) is 9.91. The predicted molar refractivity (Wildman–Crippen MR) is 148 cm³/mol. The fraction of sp³-hybridized carbons (Fsp3) is 0. The number of rotatable bonds is 4. The summed E-state index contributed by atoms with van der Waals surface area (Å²) in [5.41, 5.74) is -3.03. The highest BCUT2D eigenvalue weighted by atomic mass is 79.9. The van der Waals surface area contributed by atoms with Crippen LogP contribution in [0.5, 0.6) is 46.0 Å². The first-order valence-corrected chi connectivity index (χ1v) is 12.7. The lowest BCUT2D eigenvalue weighted by atomic mass is 10.2. The van der Waals surface area contributed by atoms with Crippen LogP contribution in [0.1, 0.15) is 0 Å². The molecule has 0 aromatic heterocycles. The van der Waals surface area contributed by atoms with Crippen LogP contribution in [0.2, 0.25) is 0 Å². The molecule has 0 N–H and O–H groups in total. The molecule has 212 valence electrons. The minimum atomic E-state index is -0.883. The number of nitro benzene ring substituents is 4. The molecule has 42 heavy (non-hydrogen) atoms. The molecule has 0 fully saturated rings. The second-order valence-electron chi connectivity index (χ2n) is 8.20. The topological polar surface area (TPSA) is 209 Å². The Balaban J connectivity index is 1.80. The summed E-state index contributed by atoms with van der Waals surface area (Å²) < 4.78 is 23.4. The van der Waals surface area contributed by atoms with Gasteiger partial charge in [0.15, 0.2) is 0 Å². The summed E-state index contributed by atoms with van der Waals surface area (Å²) in [4.78, 5) is 43.7. The molecule has 1 aliphatic heterocycles. The molecule has 0 atom stereocenters. The van der Waals surface area contributed by atoms with Crippen LogP contribution in [0.4, 0.5) is 22.7 Å².